The van der Waals surface area contributed by atoms with Crippen LogP contribution in [0.3, 0.4) is 0 Å². The molecule has 0 heterocycles. The maximum absolute atomic E-state index is 13.5. The highest BCUT2D eigenvalue weighted by Gasteiger charge is 2.15. The van der Waals surface area contributed by atoms with Crippen molar-refractivity contribution < 1.29 is 18.7 Å². The summed E-state index contributed by atoms with van der Waals surface area (Å²) < 4.78 is 25.0. The third-order valence-electron chi connectivity index (χ3n) is 5.00. The van der Waals surface area contributed by atoms with Crippen molar-refractivity contribution in [1.29, 1.82) is 5.26 Å². The maximum Gasteiger partial charge on any atom is 0.266 e. The predicted octanol–water partition coefficient (Wildman–Crippen LogP) is 6.00. The molecule has 34 heavy (non-hydrogen) atoms. The van der Waals surface area contributed by atoms with Crippen LogP contribution in [-0.4, -0.2) is 13.0 Å². The molecule has 0 aliphatic heterocycles. The number of hydrogen-bond donors (Lipinski definition) is 1. The first-order valence-electron chi connectivity index (χ1n) is 10.6. The molecule has 0 radical (unpaired) electrons. The highest BCUT2D eigenvalue weighted by Crippen LogP contribution is 2.35. The minimum absolute atomic E-state index is 0.0550. The second kappa shape index (κ2) is 11.5. The molecular weight excluding hydrogens is 431 g/mol. The molecule has 1 N–H and O–H groups in total. The van der Waals surface area contributed by atoms with E-state index in [1.54, 1.807) is 36.4 Å². The van der Waals surface area contributed by atoms with Gasteiger partial charge in [0.25, 0.3) is 5.91 Å². The molecule has 0 saturated carbocycles. The van der Waals surface area contributed by atoms with Crippen LogP contribution in [0.1, 0.15) is 22.3 Å². The predicted molar refractivity (Wildman–Crippen MR) is 131 cm³/mol. The Bertz CT molecular complexity index is 1260. The van der Waals surface area contributed by atoms with Crippen LogP contribution in [-0.2, 0) is 17.8 Å². The normalized spacial score (nSPS) is 10.8. The lowest BCUT2D eigenvalue weighted by molar-refractivity contribution is -0.112. The summed E-state index contributed by atoms with van der Waals surface area (Å²) in [6, 6.07) is 18.9. The van der Waals surface area contributed by atoms with Gasteiger partial charge in [-0.25, -0.2) is 4.39 Å². The summed E-state index contributed by atoms with van der Waals surface area (Å²) in [5.41, 5.74) is 3.64. The minimum Gasteiger partial charge on any atom is -0.493 e. The van der Waals surface area contributed by atoms with Crippen LogP contribution >= 0.6 is 0 Å². The Morgan fingerprint density at radius 1 is 1.18 bits per heavy atom. The van der Waals surface area contributed by atoms with E-state index in [4.69, 9.17) is 9.47 Å². The number of carbonyl (C=O) groups excluding carboxylic acids is 1. The number of ether oxygens (including phenoxy) is 2. The molecule has 0 atom stereocenters. The molecule has 0 unspecified atom stereocenters. The summed E-state index contributed by atoms with van der Waals surface area (Å²) in [5, 5.41) is 12.3. The minimum atomic E-state index is -0.512. The number of anilines is 1. The zero-order valence-corrected chi connectivity index (χ0v) is 19.1. The van der Waals surface area contributed by atoms with E-state index in [0.717, 1.165) is 11.1 Å². The van der Waals surface area contributed by atoms with Gasteiger partial charge in [-0.3, -0.25) is 4.79 Å². The fourth-order valence-electron chi connectivity index (χ4n) is 3.32. The molecule has 0 aliphatic carbocycles. The Hall–Kier alpha value is -4.37. The van der Waals surface area contributed by atoms with E-state index in [0.29, 0.717) is 34.7 Å². The Morgan fingerprint density at radius 3 is 2.59 bits per heavy atom. The molecule has 6 heteroatoms. The molecule has 3 rings (SSSR count). The molecule has 3 aromatic rings. The summed E-state index contributed by atoms with van der Waals surface area (Å²) in [7, 11) is 1.50. The van der Waals surface area contributed by atoms with Gasteiger partial charge >= 0.3 is 0 Å². The van der Waals surface area contributed by atoms with Gasteiger partial charge in [-0.2, -0.15) is 5.26 Å². The molecule has 0 aromatic heterocycles. The zero-order chi connectivity index (χ0) is 24.5. The molecule has 3 aromatic carbocycles. The number of benzene rings is 3. The van der Waals surface area contributed by atoms with Gasteiger partial charge in [-0.1, -0.05) is 35.9 Å². The molecule has 0 bridgehead atoms. The fourth-order valence-corrected chi connectivity index (χ4v) is 3.32. The number of hydrogen-bond acceptors (Lipinski definition) is 4. The van der Waals surface area contributed by atoms with E-state index >= 15 is 0 Å². The van der Waals surface area contributed by atoms with Crippen LogP contribution in [0.2, 0.25) is 0 Å². The van der Waals surface area contributed by atoms with E-state index in [1.807, 2.05) is 31.2 Å². The van der Waals surface area contributed by atoms with Gasteiger partial charge in [-0.05, 0) is 66.9 Å². The van der Waals surface area contributed by atoms with Crippen molar-refractivity contribution in [3.8, 4) is 17.6 Å². The fraction of sp³-hybridized carbons (Fsp3) is 0.143. The number of nitrogens with one attached hydrogen (secondary N) is 1. The van der Waals surface area contributed by atoms with Gasteiger partial charge in [0, 0.05) is 11.3 Å². The average Bonchev–Trinajstić information content (AvgIpc) is 2.83. The van der Waals surface area contributed by atoms with Crippen LogP contribution in [0.25, 0.3) is 6.08 Å². The molecule has 172 valence electrons. The van der Waals surface area contributed by atoms with Crippen molar-refractivity contribution in [1.82, 2.24) is 0 Å². The number of methoxy groups -OCH3 is 1. The van der Waals surface area contributed by atoms with Crippen LogP contribution in [0.5, 0.6) is 11.5 Å². The summed E-state index contributed by atoms with van der Waals surface area (Å²) in [6.07, 6.45) is 3.68. The lowest BCUT2D eigenvalue weighted by Gasteiger charge is -2.16. The molecule has 1 amide bonds. The zero-order valence-electron chi connectivity index (χ0n) is 19.1. The average molecular weight is 457 g/mol. The number of nitrogens with zero attached hydrogens (tertiary/aromatic N) is 1. The van der Waals surface area contributed by atoms with E-state index in [9.17, 15) is 14.4 Å². The number of nitriles is 1. The van der Waals surface area contributed by atoms with Gasteiger partial charge in [0.2, 0.25) is 0 Å². The summed E-state index contributed by atoms with van der Waals surface area (Å²) >= 11 is 0. The van der Waals surface area contributed by atoms with E-state index in [1.165, 1.54) is 25.3 Å². The standard InChI is InChI=1S/C28H25FN2O3/c1-4-6-22-13-21(14-23(17-30)28(32)31-25-11-9-19(2)10-12-25)16-26(33-3)27(22)34-18-20-7-5-8-24(29)15-20/h4-5,7-16H,1,6,18H2,2-3H3,(H,31,32)/b23-14-. The lowest BCUT2D eigenvalue weighted by atomic mass is 10.0. The van der Waals surface area contributed by atoms with Gasteiger partial charge in [-0.15, -0.1) is 6.58 Å². The quantitative estimate of drug-likeness (QED) is 0.244. The van der Waals surface area contributed by atoms with Crippen molar-refractivity contribution in [2.45, 2.75) is 20.0 Å². The first-order valence-corrected chi connectivity index (χ1v) is 10.6. The monoisotopic (exact) mass is 456 g/mol. The Morgan fingerprint density at radius 2 is 1.94 bits per heavy atom. The number of halogens is 1. The van der Waals surface area contributed by atoms with E-state index in [-0.39, 0.29) is 18.0 Å². The Kier molecular flexibility index (Phi) is 8.20. The van der Waals surface area contributed by atoms with Gasteiger partial charge in [0.15, 0.2) is 11.5 Å². The summed E-state index contributed by atoms with van der Waals surface area (Å²) in [6.45, 7) is 5.89. The van der Waals surface area contributed by atoms with Gasteiger partial charge < -0.3 is 14.8 Å². The Labute approximate surface area is 198 Å². The molecule has 0 saturated heterocycles. The highest BCUT2D eigenvalue weighted by atomic mass is 19.1. The first-order chi connectivity index (χ1) is 16.4. The molecule has 0 fully saturated rings. The van der Waals surface area contributed by atoms with Gasteiger partial charge in [0.1, 0.15) is 24.1 Å². The first kappa shape index (κ1) is 24.3. The van der Waals surface area contributed by atoms with Crippen LogP contribution < -0.4 is 14.8 Å². The third kappa shape index (κ3) is 6.33. The van der Waals surface area contributed by atoms with Crippen LogP contribution in [0.4, 0.5) is 10.1 Å². The molecular formula is C28H25FN2O3. The SMILES string of the molecule is C=CCc1cc(/C=C(/C#N)C(=O)Nc2ccc(C)cc2)cc(OC)c1OCc1cccc(F)c1. The van der Waals surface area contributed by atoms with Crippen LogP contribution in [0, 0.1) is 24.1 Å². The second-order valence-electron chi connectivity index (χ2n) is 7.61. The Balaban J connectivity index is 1.89. The number of aryl methyl sites for hydroxylation is 1. The van der Waals surface area contributed by atoms with Crippen molar-refractivity contribution in [2.75, 3.05) is 12.4 Å². The number of rotatable bonds is 9. The van der Waals surface area contributed by atoms with Crippen molar-refractivity contribution >= 4 is 17.7 Å². The van der Waals surface area contributed by atoms with Gasteiger partial charge in [0.05, 0.1) is 7.11 Å². The van der Waals surface area contributed by atoms with Crippen LogP contribution in [0.15, 0.2) is 78.9 Å². The smallest absolute Gasteiger partial charge is 0.266 e. The van der Waals surface area contributed by atoms with Crippen molar-refractivity contribution in [3.63, 3.8) is 0 Å². The molecule has 0 aliphatic rings. The van der Waals surface area contributed by atoms with E-state index < -0.39 is 5.91 Å². The van der Waals surface area contributed by atoms with E-state index in [2.05, 4.69) is 11.9 Å². The molecule has 5 nitrogen and oxygen atoms in total. The highest BCUT2D eigenvalue weighted by molar-refractivity contribution is 6.09. The topological polar surface area (TPSA) is 71.4 Å². The second-order valence-corrected chi connectivity index (χ2v) is 7.61. The summed E-state index contributed by atoms with van der Waals surface area (Å²) in [5.74, 6) is 0.0690. The molecule has 0 spiro atoms. The van der Waals surface area contributed by atoms with Crippen molar-refractivity contribution in [2.24, 2.45) is 0 Å². The number of amides is 1. The largest absolute Gasteiger partial charge is 0.493 e. The third-order valence-corrected chi connectivity index (χ3v) is 5.00. The summed E-state index contributed by atoms with van der Waals surface area (Å²) in [4.78, 5) is 12.6. The number of allylic oxidation sites excluding steroid dienone is 1. The lowest BCUT2D eigenvalue weighted by Crippen LogP contribution is -2.13. The number of carbonyl (C=O) groups is 1. The van der Waals surface area contributed by atoms with Crippen molar-refractivity contribution in [3.05, 3.63) is 107 Å². The maximum atomic E-state index is 13.5.